The second kappa shape index (κ2) is 8.01. The van der Waals surface area contributed by atoms with Gasteiger partial charge in [-0.3, -0.25) is 0 Å². The van der Waals surface area contributed by atoms with Gasteiger partial charge >= 0.3 is 0 Å². The fourth-order valence-electron chi connectivity index (χ4n) is 2.52. The van der Waals surface area contributed by atoms with Crippen LogP contribution < -0.4 is 0 Å². The quantitative estimate of drug-likeness (QED) is 0.599. The highest BCUT2D eigenvalue weighted by atomic mass is 79.9. The van der Waals surface area contributed by atoms with Crippen molar-refractivity contribution in [3.8, 4) is 11.3 Å². The number of aliphatic hydroxyl groups excluding tert-OH is 1. The molecule has 124 valence electrons. The van der Waals surface area contributed by atoms with E-state index in [0.29, 0.717) is 11.5 Å². The largest absolute Gasteiger partial charge is 0.387 e. The topological polar surface area (TPSA) is 46.3 Å². The number of thioether (sulfide) groups is 1. The Kier molecular flexibility index (Phi) is 5.76. The number of aryl methyl sites for hydroxylation is 1. The van der Waals surface area contributed by atoms with E-state index in [4.69, 9.17) is 4.52 Å². The van der Waals surface area contributed by atoms with E-state index in [0.717, 1.165) is 27.0 Å². The smallest absolute Gasteiger partial charge is 0.172 e. The summed E-state index contributed by atoms with van der Waals surface area (Å²) in [7, 11) is 0. The zero-order chi connectivity index (χ0) is 16.9. The van der Waals surface area contributed by atoms with Crippen molar-refractivity contribution in [2.45, 2.75) is 18.8 Å². The monoisotopic (exact) mass is 403 g/mol. The maximum absolute atomic E-state index is 10.6. The Labute approximate surface area is 154 Å². The Hall–Kier alpha value is -1.56. The lowest BCUT2D eigenvalue weighted by Crippen LogP contribution is -2.03. The van der Waals surface area contributed by atoms with E-state index in [9.17, 15) is 5.11 Å². The van der Waals surface area contributed by atoms with Crippen molar-refractivity contribution in [1.82, 2.24) is 5.16 Å². The van der Waals surface area contributed by atoms with Crippen LogP contribution in [0, 0.1) is 6.92 Å². The molecule has 0 bridgehead atoms. The lowest BCUT2D eigenvalue weighted by atomic mass is 10.0. The van der Waals surface area contributed by atoms with E-state index < -0.39 is 6.10 Å². The fourth-order valence-corrected chi connectivity index (χ4v) is 3.72. The molecule has 0 aliphatic heterocycles. The number of nitrogens with zero attached hydrogens (tertiary/aromatic N) is 1. The summed E-state index contributed by atoms with van der Waals surface area (Å²) in [6.07, 6.45) is -0.608. The van der Waals surface area contributed by atoms with Crippen molar-refractivity contribution >= 4 is 27.7 Å². The second-order valence-corrected chi connectivity index (χ2v) is 7.48. The van der Waals surface area contributed by atoms with E-state index >= 15 is 0 Å². The minimum absolute atomic E-state index is 0.598. The van der Waals surface area contributed by atoms with Gasteiger partial charge in [-0.15, -0.1) is 0 Å². The summed E-state index contributed by atoms with van der Waals surface area (Å²) in [6, 6.07) is 18.1. The van der Waals surface area contributed by atoms with Crippen LogP contribution in [-0.4, -0.2) is 16.0 Å². The van der Waals surface area contributed by atoms with Crippen molar-refractivity contribution in [3.63, 3.8) is 0 Å². The molecule has 0 amide bonds. The van der Waals surface area contributed by atoms with E-state index in [-0.39, 0.29) is 0 Å². The van der Waals surface area contributed by atoms with Gasteiger partial charge in [-0.1, -0.05) is 63.6 Å². The third-order valence-electron chi connectivity index (χ3n) is 3.74. The van der Waals surface area contributed by atoms with Crippen LogP contribution in [0.5, 0.6) is 0 Å². The number of halogens is 1. The van der Waals surface area contributed by atoms with Crippen LogP contribution >= 0.6 is 27.7 Å². The van der Waals surface area contributed by atoms with Crippen LogP contribution in [0.25, 0.3) is 11.3 Å². The average Bonchev–Trinajstić information content (AvgIpc) is 2.98. The molecule has 1 heterocycles. The lowest BCUT2D eigenvalue weighted by molar-refractivity contribution is 0.203. The Balaban J connectivity index is 1.71. The van der Waals surface area contributed by atoms with Gasteiger partial charge in [0.05, 0.1) is 17.4 Å². The van der Waals surface area contributed by atoms with Crippen molar-refractivity contribution < 1.29 is 9.63 Å². The summed E-state index contributed by atoms with van der Waals surface area (Å²) in [5.41, 5.74) is 3.68. The normalized spacial score (nSPS) is 12.3. The minimum Gasteiger partial charge on any atom is -0.387 e. The van der Waals surface area contributed by atoms with Crippen LogP contribution in [0.4, 0.5) is 0 Å². The maximum atomic E-state index is 10.6. The van der Waals surface area contributed by atoms with Gasteiger partial charge in [0, 0.05) is 21.5 Å². The van der Waals surface area contributed by atoms with Crippen molar-refractivity contribution in [3.05, 3.63) is 75.9 Å². The molecule has 0 spiro atoms. The molecule has 3 aromatic rings. The molecule has 24 heavy (non-hydrogen) atoms. The molecule has 1 N–H and O–H groups in total. The van der Waals surface area contributed by atoms with Crippen molar-refractivity contribution in [2.24, 2.45) is 0 Å². The molecule has 3 rings (SSSR count). The number of aliphatic hydroxyl groups is 1. The van der Waals surface area contributed by atoms with Gasteiger partial charge in [0.2, 0.25) is 0 Å². The van der Waals surface area contributed by atoms with Gasteiger partial charge in [-0.05, 0) is 24.6 Å². The predicted octanol–water partition coefficient (Wildman–Crippen LogP) is 5.38. The van der Waals surface area contributed by atoms with Crippen molar-refractivity contribution in [2.75, 3.05) is 5.75 Å². The van der Waals surface area contributed by atoms with E-state index in [1.807, 2.05) is 49.4 Å². The standard InChI is InChI=1S/C19H18BrNO2S/c1-13-18(17(22)12-24-11-14-5-3-2-4-6-14)19(23-21-13)15-7-9-16(20)10-8-15/h2-10,17,22H,11-12H2,1H3. The van der Waals surface area contributed by atoms with Crippen molar-refractivity contribution in [1.29, 1.82) is 0 Å². The highest BCUT2D eigenvalue weighted by Gasteiger charge is 2.22. The fraction of sp³-hybridized carbons (Fsp3) is 0.211. The first-order valence-electron chi connectivity index (χ1n) is 7.67. The molecule has 1 unspecified atom stereocenters. The molecule has 5 heteroatoms. The Bertz CT molecular complexity index is 787. The molecule has 0 saturated carbocycles. The summed E-state index contributed by atoms with van der Waals surface area (Å²) in [4.78, 5) is 0. The second-order valence-electron chi connectivity index (χ2n) is 5.53. The summed E-state index contributed by atoms with van der Waals surface area (Å²) >= 11 is 5.13. The maximum Gasteiger partial charge on any atom is 0.172 e. The zero-order valence-electron chi connectivity index (χ0n) is 13.3. The number of aromatic nitrogens is 1. The van der Waals surface area contributed by atoms with E-state index in [2.05, 4.69) is 33.2 Å². The van der Waals surface area contributed by atoms with E-state index in [1.165, 1.54) is 5.56 Å². The first-order valence-corrected chi connectivity index (χ1v) is 9.62. The van der Waals surface area contributed by atoms with Crippen LogP contribution in [-0.2, 0) is 5.75 Å². The molecule has 2 aromatic carbocycles. The molecule has 0 aliphatic carbocycles. The SMILES string of the molecule is Cc1noc(-c2ccc(Br)cc2)c1C(O)CSCc1ccccc1. The summed E-state index contributed by atoms with van der Waals surface area (Å²) < 4.78 is 6.48. The zero-order valence-corrected chi connectivity index (χ0v) is 15.7. The third-order valence-corrected chi connectivity index (χ3v) is 5.35. The molecule has 3 nitrogen and oxygen atoms in total. The first kappa shape index (κ1) is 17.3. The van der Waals surface area contributed by atoms with Gasteiger partial charge in [0.25, 0.3) is 0 Å². The Morgan fingerprint density at radius 1 is 1.12 bits per heavy atom. The Morgan fingerprint density at radius 3 is 2.54 bits per heavy atom. The molecular formula is C19H18BrNO2S. The van der Waals surface area contributed by atoms with Gasteiger partial charge in [0.1, 0.15) is 0 Å². The predicted molar refractivity (Wildman–Crippen MR) is 102 cm³/mol. The molecule has 1 atom stereocenters. The summed E-state index contributed by atoms with van der Waals surface area (Å²) in [6.45, 7) is 1.87. The summed E-state index contributed by atoms with van der Waals surface area (Å²) in [5.74, 6) is 2.11. The summed E-state index contributed by atoms with van der Waals surface area (Å²) in [5, 5.41) is 14.7. The van der Waals surface area contributed by atoms with Gasteiger partial charge in [-0.25, -0.2) is 0 Å². The molecule has 1 aromatic heterocycles. The molecule has 0 radical (unpaired) electrons. The van der Waals surface area contributed by atoms with Gasteiger partial charge in [0.15, 0.2) is 5.76 Å². The minimum atomic E-state index is -0.608. The highest BCUT2D eigenvalue weighted by Crippen LogP contribution is 2.33. The number of rotatable bonds is 6. The molecule has 0 aliphatic rings. The molecule has 0 saturated heterocycles. The lowest BCUT2D eigenvalue weighted by Gasteiger charge is -2.11. The Morgan fingerprint density at radius 2 is 1.83 bits per heavy atom. The average molecular weight is 404 g/mol. The van der Waals surface area contributed by atoms with Gasteiger partial charge < -0.3 is 9.63 Å². The van der Waals surface area contributed by atoms with E-state index in [1.54, 1.807) is 11.8 Å². The number of benzene rings is 2. The third kappa shape index (κ3) is 4.09. The molecular weight excluding hydrogens is 386 g/mol. The van der Waals surface area contributed by atoms with Gasteiger partial charge in [-0.2, -0.15) is 11.8 Å². The van der Waals surface area contributed by atoms with Crippen LogP contribution in [0.1, 0.15) is 22.9 Å². The van der Waals surface area contributed by atoms with Crippen LogP contribution in [0.15, 0.2) is 63.6 Å². The number of hydrogen-bond acceptors (Lipinski definition) is 4. The highest BCUT2D eigenvalue weighted by molar-refractivity contribution is 9.10. The first-order chi connectivity index (χ1) is 11.6. The molecule has 0 fully saturated rings. The number of hydrogen-bond donors (Lipinski definition) is 1. The van der Waals surface area contributed by atoms with Crippen LogP contribution in [0.3, 0.4) is 0 Å². The van der Waals surface area contributed by atoms with Crippen LogP contribution in [0.2, 0.25) is 0 Å².